The van der Waals surface area contributed by atoms with E-state index in [0.29, 0.717) is 10.7 Å². The Bertz CT molecular complexity index is 804. The van der Waals surface area contributed by atoms with Crippen molar-refractivity contribution in [1.82, 2.24) is 4.72 Å². The van der Waals surface area contributed by atoms with Gasteiger partial charge in [0.2, 0.25) is 15.9 Å². The van der Waals surface area contributed by atoms with Crippen molar-refractivity contribution in [2.24, 2.45) is 0 Å². The molecule has 0 fully saturated rings. The summed E-state index contributed by atoms with van der Waals surface area (Å²) >= 11 is 5.92. The van der Waals surface area contributed by atoms with Crippen LogP contribution in [0.1, 0.15) is 25.5 Å². The molecular weight excluding hydrogens is 336 g/mol. The van der Waals surface area contributed by atoms with E-state index in [4.69, 9.17) is 11.6 Å². The summed E-state index contributed by atoms with van der Waals surface area (Å²) in [6, 6.07) is 12.6. The highest BCUT2D eigenvalue weighted by atomic mass is 35.5. The normalized spacial score (nSPS) is 12.7. The minimum absolute atomic E-state index is 0.125. The average Bonchev–Trinajstić information content (AvgIpc) is 2.46. The van der Waals surface area contributed by atoms with E-state index >= 15 is 0 Å². The van der Waals surface area contributed by atoms with Crippen molar-refractivity contribution in [3.05, 3.63) is 59.1 Å². The van der Waals surface area contributed by atoms with E-state index in [1.54, 1.807) is 43.3 Å². The van der Waals surface area contributed by atoms with Crippen molar-refractivity contribution in [3.63, 3.8) is 0 Å². The molecule has 1 amide bonds. The minimum Gasteiger partial charge on any atom is -0.326 e. The van der Waals surface area contributed by atoms with Crippen LogP contribution in [0.4, 0.5) is 5.69 Å². The molecule has 0 radical (unpaired) electrons. The Kier molecular flexibility index (Phi) is 5.41. The largest absolute Gasteiger partial charge is 0.326 e. The highest BCUT2D eigenvalue weighted by molar-refractivity contribution is 7.89. The second-order valence-electron chi connectivity index (χ2n) is 5.10. The fraction of sp³-hybridized carbons (Fsp3) is 0.188. The van der Waals surface area contributed by atoms with Crippen LogP contribution in [0.25, 0.3) is 0 Å². The molecule has 0 saturated carbocycles. The summed E-state index contributed by atoms with van der Waals surface area (Å²) in [5.74, 6) is -0.215. The van der Waals surface area contributed by atoms with Crippen LogP contribution in [0.2, 0.25) is 5.02 Å². The molecular formula is C16H17ClN2O3S. The van der Waals surface area contributed by atoms with Crippen molar-refractivity contribution in [1.29, 1.82) is 0 Å². The quantitative estimate of drug-likeness (QED) is 0.866. The molecule has 0 heterocycles. The number of hydrogen-bond acceptors (Lipinski definition) is 3. The van der Waals surface area contributed by atoms with Gasteiger partial charge in [-0.1, -0.05) is 23.7 Å². The SMILES string of the molecule is CC(=O)Nc1ccc(S(=O)(=O)N[C@H](C)c2cccc(Cl)c2)cc1. The van der Waals surface area contributed by atoms with Crippen LogP contribution in [0, 0.1) is 0 Å². The number of rotatable bonds is 5. The van der Waals surface area contributed by atoms with Gasteiger partial charge in [0, 0.05) is 23.7 Å². The second kappa shape index (κ2) is 7.12. The third-order valence-electron chi connectivity index (χ3n) is 3.17. The van der Waals surface area contributed by atoms with Gasteiger partial charge in [-0.05, 0) is 48.9 Å². The number of nitrogens with one attached hydrogen (secondary N) is 2. The first-order valence-corrected chi connectivity index (χ1v) is 8.79. The van der Waals surface area contributed by atoms with Gasteiger partial charge in [0.15, 0.2) is 0 Å². The summed E-state index contributed by atoms with van der Waals surface area (Å²) < 4.78 is 27.4. The summed E-state index contributed by atoms with van der Waals surface area (Å²) in [7, 11) is -3.67. The molecule has 0 aliphatic rings. The van der Waals surface area contributed by atoms with Crippen molar-refractivity contribution in [3.8, 4) is 0 Å². The molecule has 1 atom stereocenters. The molecule has 0 unspecified atom stereocenters. The zero-order chi connectivity index (χ0) is 17.0. The van der Waals surface area contributed by atoms with Gasteiger partial charge in [0.25, 0.3) is 0 Å². The predicted molar refractivity (Wildman–Crippen MR) is 90.9 cm³/mol. The predicted octanol–water partition coefficient (Wildman–Crippen LogP) is 3.34. The highest BCUT2D eigenvalue weighted by Gasteiger charge is 2.18. The van der Waals surface area contributed by atoms with Gasteiger partial charge in [-0.3, -0.25) is 4.79 Å². The number of halogens is 1. The lowest BCUT2D eigenvalue weighted by atomic mass is 10.1. The molecule has 122 valence electrons. The van der Waals surface area contributed by atoms with Gasteiger partial charge in [-0.25, -0.2) is 13.1 Å². The van der Waals surface area contributed by atoms with Crippen molar-refractivity contribution >= 4 is 33.2 Å². The molecule has 0 aliphatic carbocycles. The summed E-state index contributed by atoms with van der Waals surface area (Å²) in [5, 5.41) is 3.14. The summed E-state index contributed by atoms with van der Waals surface area (Å²) in [6.07, 6.45) is 0. The van der Waals surface area contributed by atoms with E-state index in [1.807, 2.05) is 0 Å². The maximum atomic E-state index is 12.4. The van der Waals surface area contributed by atoms with Crippen LogP contribution in [0.15, 0.2) is 53.4 Å². The first kappa shape index (κ1) is 17.5. The molecule has 0 bridgehead atoms. The topological polar surface area (TPSA) is 75.3 Å². The fourth-order valence-corrected chi connectivity index (χ4v) is 3.50. The smallest absolute Gasteiger partial charge is 0.241 e. The van der Waals surface area contributed by atoms with Gasteiger partial charge in [-0.15, -0.1) is 0 Å². The summed E-state index contributed by atoms with van der Waals surface area (Å²) in [4.78, 5) is 11.1. The molecule has 2 rings (SSSR count). The molecule has 23 heavy (non-hydrogen) atoms. The van der Waals surface area contributed by atoms with Gasteiger partial charge in [0.05, 0.1) is 4.90 Å². The van der Waals surface area contributed by atoms with Gasteiger partial charge in [0.1, 0.15) is 0 Å². The Morgan fingerprint density at radius 3 is 2.35 bits per heavy atom. The number of hydrogen-bond donors (Lipinski definition) is 2. The Balaban J connectivity index is 2.16. The Morgan fingerprint density at radius 2 is 1.78 bits per heavy atom. The van der Waals surface area contributed by atoms with Crippen LogP contribution >= 0.6 is 11.6 Å². The number of benzene rings is 2. The number of carbonyl (C=O) groups is 1. The third-order valence-corrected chi connectivity index (χ3v) is 4.96. The summed E-state index contributed by atoms with van der Waals surface area (Å²) in [6.45, 7) is 3.13. The average molecular weight is 353 g/mol. The molecule has 0 aromatic heterocycles. The van der Waals surface area contributed by atoms with Crippen LogP contribution in [0.3, 0.4) is 0 Å². The second-order valence-corrected chi connectivity index (χ2v) is 7.25. The van der Waals surface area contributed by atoms with Crippen molar-refractivity contribution in [2.45, 2.75) is 24.8 Å². The lowest BCUT2D eigenvalue weighted by Gasteiger charge is -2.15. The molecule has 0 spiro atoms. The highest BCUT2D eigenvalue weighted by Crippen LogP contribution is 2.21. The molecule has 0 aliphatic heterocycles. The van der Waals surface area contributed by atoms with Gasteiger partial charge >= 0.3 is 0 Å². The summed E-state index contributed by atoms with van der Waals surface area (Å²) in [5.41, 5.74) is 1.32. The number of amides is 1. The molecule has 7 heteroatoms. The molecule has 2 N–H and O–H groups in total. The molecule has 0 saturated heterocycles. The maximum Gasteiger partial charge on any atom is 0.241 e. The van der Waals surface area contributed by atoms with Crippen LogP contribution in [-0.2, 0) is 14.8 Å². The monoisotopic (exact) mass is 352 g/mol. The number of carbonyl (C=O) groups excluding carboxylic acids is 1. The fourth-order valence-electron chi connectivity index (χ4n) is 2.07. The van der Waals surface area contributed by atoms with Crippen molar-refractivity contribution in [2.75, 3.05) is 5.32 Å². The van der Waals surface area contributed by atoms with E-state index in [0.717, 1.165) is 5.56 Å². The van der Waals surface area contributed by atoms with Crippen LogP contribution < -0.4 is 10.0 Å². The van der Waals surface area contributed by atoms with Crippen molar-refractivity contribution < 1.29 is 13.2 Å². The zero-order valence-corrected chi connectivity index (χ0v) is 14.3. The number of sulfonamides is 1. The van der Waals surface area contributed by atoms with Crippen LogP contribution in [0.5, 0.6) is 0 Å². The first-order chi connectivity index (χ1) is 10.8. The van der Waals surface area contributed by atoms with E-state index in [1.165, 1.54) is 19.1 Å². The number of anilines is 1. The minimum atomic E-state index is -3.67. The van der Waals surface area contributed by atoms with E-state index in [9.17, 15) is 13.2 Å². The van der Waals surface area contributed by atoms with E-state index < -0.39 is 16.1 Å². The molecule has 2 aromatic rings. The molecule has 2 aromatic carbocycles. The zero-order valence-electron chi connectivity index (χ0n) is 12.7. The van der Waals surface area contributed by atoms with Gasteiger partial charge in [-0.2, -0.15) is 0 Å². The van der Waals surface area contributed by atoms with E-state index in [2.05, 4.69) is 10.0 Å². The maximum absolute atomic E-state index is 12.4. The van der Waals surface area contributed by atoms with E-state index in [-0.39, 0.29) is 10.8 Å². The Labute approximate surface area is 140 Å². The lowest BCUT2D eigenvalue weighted by molar-refractivity contribution is -0.114. The lowest BCUT2D eigenvalue weighted by Crippen LogP contribution is -2.26. The van der Waals surface area contributed by atoms with Gasteiger partial charge < -0.3 is 5.32 Å². The Morgan fingerprint density at radius 1 is 1.13 bits per heavy atom. The first-order valence-electron chi connectivity index (χ1n) is 6.93. The third kappa shape index (κ3) is 4.79. The Hall–Kier alpha value is -1.89. The standard InChI is InChI=1S/C16H17ClN2O3S/c1-11(13-4-3-5-14(17)10-13)19-23(21,22)16-8-6-15(7-9-16)18-12(2)20/h3-11,19H,1-2H3,(H,18,20)/t11-/m1/s1. The van der Waals surface area contributed by atoms with Crippen LogP contribution in [-0.4, -0.2) is 14.3 Å². The molecule has 5 nitrogen and oxygen atoms in total.